The molecule has 0 saturated heterocycles. The zero-order chi connectivity index (χ0) is 12.6. The van der Waals surface area contributed by atoms with Crippen molar-refractivity contribution in [2.75, 3.05) is 59.2 Å². The second-order valence-corrected chi connectivity index (χ2v) is 8.15. The number of rotatable bonds is 14. The van der Waals surface area contributed by atoms with Crippen molar-refractivity contribution >= 4 is 47.0 Å². The molecule has 0 aliphatic carbocycles. The van der Waals surface area contributed by atoms with E-state index >= 15 is 0 Å². The van der Waals surface area contributed by atoms with Crippen molar-refractivity contribution in [2.24, 2.45) is 0 Å². The molecule has 0 spiro atoms. The second-order valence-electron chi connectivity index (χ2n) is 3.25. The summed E-state index contributed by atoms with van der Waals surface area (Å²) in [7, 11) is 0. The molecule has 0 amide bonds. The lowest BCUT2D eigenvalue weighted by atomic mass is 10.6. The summed E-state index contributed by atoms with van der Waals surface area (Å²) in [6, 6.07) is 0. The summed E-state index contributed by atoms with van der Waals surface area (Å²) in [5, 5.41) is 17.2. The van der Waals surface area contributed by atoms with Gasteiger partial charge in [-0.25, -0.2) is 0 Å². The Kier molecular flexibility index (Phi) is 18.7. The van der Waals surface area contributed by atoms with Crippen LogP contribution in [0.25, 0.3) is 0 Å². The zero-order valence-electron chi connectivity index (χ0n) is 10.3. The van der Waals surface area contributed by atoms with E-state index in [1.165, 1.54) is 29.4 Å². The van der Waals surface area contributed by atoms with Gasteiger partial charge in [-0.05, 0) is 17.9 Å². The van der Waals surface area contributed by atoms with Crippen molar-refractivity contribution in [3.05, 3.63) is 0 Å². The molecule has 0 aromatic carbocycles. The van der Waals surface area contributed by atoms with Gasteiger partial charge >= 0.3 is 0 Å². The van der Waals surface area contributed by atoms with Crippen molar-refractivity contribution in [3.8, 4) is 0 Å². The third-order valence-electron chi connectivity index (χ3n) is 1.79. The molecule has 0 unspecified atom stereocenters. The van der Waals surface area contributed by atoms with Crippen molar-refractivity contribution in [3.63, 3.8) is 0 Å². The molecule has 0 rings (SSSR count). The number of hydrogen-bond acceptors (Lipinski definition) is 6. The molecular formula is C11H24O2S4. The predicted molar refractivity (Wildman–Crippen MR) is 88.1 cm³/mol. The van der Waals surface area contributed by atoms with Crippen molar-refractivity contribution in [2.45, 2.75) is 6.42 Å². The summed E-state index contributed by atoms with van der Waals surface area (Å²) in [6.45, 7) is 0.612. The van der Waals surface area contributed by atoms with E-state index in [1.54, 1.807) is 0 Å². The van der Waals surface area contributed by atoms with Crippen LogP contribution in [0.3, 0.4) is 0 Å². The maximum absolute atomic E-state index is 8.60. The lowest BCUT2D eigenvalue weighted by Gasteiger charge is -2.02. The molecule has 104 valence electrons. The quantitative estimate of drug-likeness (QED) is 0.479. The van der Waals surface area contributed by atoms with Crippen molar-refractivity contribution in [1.82, 2.24) is 0 Å². The number of hydrogen-bond donors (Lipinski definition) is 2. The lowest BCUT2D eigenvalue weighted by Crippen LogP contribution is -1.94. The van der Waals surface area contributed by atoms with Crippen molar-refractivity contribution < 1.29 is 10.2 Å². The van der Waals surface area contributed by atoms with E-state index < -0.39 is 0 Å². The minimum Gasteiger partial charge on any atom is -0.396 e. The van der Waals surface area contributed by atoms with Gasteiger partial charge in [0.1, 0.15) is 0 Å². The van der Waals surface area contributed by atoms with Crippen LogP contribution in [-0.2, 0) is 0 Å². The van der Waals surface area contributed by atoms with E-state index in [1.807, 2.05) is 47.0 Å². The van der Waals surface area contributed by atoms with E-state index in [0.29, 0.717) is 13.2 Å². The third-order valence-corrected chi connectivity index (χ3v) is 6.38. The Hall–Kier alpha value is 1.32. The van der Waals surface area contributed by atoms with Gasteiger partial charge in [0.05, 0.1) is 13.2 Å². The van der Waals surface area contributed by atoms with Gasteiger partial charge < -0.3 is 10.2 Å². The molecule has 6 heteroatoms. The van der Waals surface area contributed by atoms with Crippen LogP contribution in [0.1, 0.15) is 6.42 Å². The molecule has 0 radical (unpaired) electrons. The Bertz CT molecular complexity index is 125. The monoisotopic (exact) mass is 316 g/mol. The molecule has 0 saturated carbocycles. The van der Waals surface area contributed by atoms with Gasteiger partial charge in [-0.3, -0.25) is 0 Å². The highest BCUT2D eigenvalue weighted by Gasteiger charge is 1.93. The Morgan fingerprint density at radius 1 is 0.471 bits per heavy atom. The minimum absolute atomic E-state index is 0.306. The Labute approximate surface area is 122 Å². The Balaban J connectivity index is 2.85. The summed E-state index contributed by atoms with van der Waals surface area (Å²) >= 11 is 7.71. The normalized spacial score (nSPS) is 10.9. The SMILES string of the molecule is OCCSCCSCCCSCCSCCO. The van der Waals surface area contributed by atoms with Crippen LogP contribution in [0.2, 0.25) is 0 Å². The van der Waals surface area contributed by atoms with Gasteiger partial charge in [-0.2, -0.15) is 47.0 Å². The van der Waals surface area contributed by atoms with Gasteiger partial charge in [0.2, 0.25) is 0 Å². The molecule has 17 heavy (non-hydrogen) atoms. The van der Waals surface area contributed by atoms with Gasteiger partial charge in [-0.15, -0.1) is 0 Å². The van der Waals surface area contributed by atoms with E-state index in [9.17, 15) is 0 Å². The first-order valence-electron chi connectivity index (χ1n) is 5.94. The summed E-state index contributed by atoms with van der Waals surface area (Å²) < 4.78 is 0. The average molecular weight is 317 g/mol. The van der Waals surface area contributed by atoms with Crippen LogP contribution in [0.15, 0.2) is 0 Å². The molecule has 2 nitrogen and oxygen atoms in total. The fourth-order valence-corrected chi connectivity index (χ4v) is 4.88. The highest BCUT2D eigenvalue weighted by Crippen LogP contribution is 2.12. The first-order valence-corrected chi connectivity index (χ1v) is 10.6. The second kappa shape index (κ2) is 17.3. The highest BCUT2D eigenvalue weighted by molar-refractivity contribution is 8.03. The van der Waals surface area contributed by atoms with Gasteiger partial charge in [0.15, 0.2) is 0 Å². The molecule has 0 bridgehead atoms. The van der Waals surface area contributed by atoms with Crippen LogP contribution in [0, 0.1) is 0 Å². The van der Waals surface area contributed by atoms with E-state index in [2.05, 4.69) is 0 Å². The van der Waals surface area contributed by atoms with E-state index in [0.717, 1.165) is 23.0 Å². The molecule has 0 atom stereocenters. The lowest BCUT2D eigenvalue weighted by molar-refractivity contribution is 0.322. The molecule has 0 aromatic heterocycles. The van der Waals surface area contributed by atoms with Crippen LogP contribution in [-0.4, -0.2) is 69.4 Å². The summed E-state index contributed by atoms with van der Waals surface area (Å²) in [5.41, 5.74) is 0. The summed E-state index contributed by atoms with van der Waals surface area (Å²) in [5.74, 6) is 9.02. The van der Waals surface area contributed by atoms with Crippen LogP contribution >= 0.6 is 47.0 Å². The molecule has 0 aliphatic heterocycles. The smallest absolute Gasteiger partial charge is 0.0521 e. The zero-order valence-corrected chi connectivity index (χ0v) is 13.6. The largest absolute Gasteiger partial charge is 0.396 e. The van der Waals surface area contributed by atoms with Gasteiger partial charge in [0.25, 0.3) is 0 Å². The average Bonchev–Trinajstić information content (AvgIpc) is 2.35. The molecule has 0 heterocycles. The third kappa shape index (κ3) is 17.3. The first-order chi connectivity index (χ1) is 8.41. The van der Waals surface area contributed by atoms with E-state index in [4.69, 9.17) is 10.2 Å². The maximum Gasteiger partial charge on any atom is 0.0521 e. The Morgan fingerprint density at radius 3 is 1.18 bits per heavy atom. The fraction of sp³-hybridized carbons (Fsp3) is 1.00. The van der Waals surface area contributed by atoms with Gasteiger partial charge in [0, 0.05) is 34.5 Å². The summed E-state index contributed by atoms with van der Waals surface area (Å²) in [4.78, 5) is 0. The number of aliphatic hydroxyl groups excluding tert-OH is 2. The maximum atomic E-state index is 8.60. The fourth-order valence-electron chi connectivity index (χ4n) is 1.04. The molecule has 0 fully saturated rings. The minimum atomic E-state index is 0.306. The Morgan fingerprint density at radius 2 is 0.824 bits per heavy atom. The van der Waals surface area contributed by atoms with Gasteiger partial charge in [-0.1, -0.05) is 0 Å². The van der Waals surface area contributed by atoms with Crippen LogP contribution < -0.4 is 0 Å². The molecule has 2 N–H and O–H groups in total. The van der Waals surface area contributed by atoms with Crippen molar-refractivity contribution in [1.29, 1.82) is 0 Å². The molecule has 0 aliphatic rings. The summed E-state index contributed by atoms with van der Waals surface area (Å²) in [6.07, 6.45) is 1.30. The molecule has 0 aromatic rings. The van der Waals surface area contributed by atoms with Crippen LogP contribution in [0.5, 0.6) is 0 Å². The number of thioether (sulfide) groups is 4. The highest BCUT2D eigenvalue weighted by atomic mass is 32.2. The number of aliphatic hydroxyl groups is 2. The first kappa shape index (κ1) is 18.3. The topological polar surface area (TPSA) is 40.5 Å². The molecular weight excluding hydrogens is 292 g/mol. The van der Waals surface area contributed by atoms with E-state index in [-0.39, 0.29) is 0 Å². The van der Waals surface area contributed by atoms with Crippen LogP contribution in [0.4, 0.5) is 0 Å². The standard InChI is InChI=1S/C11H24O2S4/c12-2-6-16-10-8-14-4-1-5-15-9-11-17-7-3-13/h12-13H,1-11H2. The predicted octanol–water partition coefficient (Wildman–Crippen LogP) is 2.29.